The zero-order chi connectivity index (χ0) is 4.28. The molecule has 30 valence electrons. The largest absolute Gasteiger partial charge is 0.309 e. The molecule has 0 unspecified atom stereocenters. The molecule has 0 aliphatic rings. The summed E-state index contributed by atoms with van der Waals surface area (Å²) < 4.78 is 0. The highest BCUT2D eigenvalue weighted by molar-refractivity contribution is 7.81. The van der Waals surface area contributed by atoms with Gasteiger partial charge in [0.1, 0.15) is 0 Å². The van der Waals surface area contributed by atoms with Crippen molar-refractivity contribution in [3.8, 4) is 0 Å². The predicted molar refractivity (Wildman–Crippen MR) is 27.3 cm³/mol. The molecule has 1 nitrogen and oxygen atoms in total. The third-order valence-electron chi connectivity index (χ3n) is 0.237. The van der Waals surface area contributed by atoms with Crippen LogP contribution in [0.5, 0.6) is 0 Å². The molecule has 0 aromatic rings. The molecule has 0 amide bonds. The summed E-state index contributed by atoms with van der Waals surface area (Å²) in [4.78, 5) is 0. The van der Waals surface area contributed by atoms with Crippen LogP contribution in [0.25, 0.3) is 0 Å². The van der Waals surface area contributed by atoms with Crippen molar-refractivity contribution in [1.29, 1.82) is 5.41 Å². The molecule has 0 atom stereocenters. The van der Waals surface area contributed by atoms with Crippen molar-refractivity contribution in [3.05, 3.63) is 0 Å². The summed E-state index contributed by atoms with van der Waals surface area (Å²) in [7, 11) is 0. The van der Waals surface area contributed by atoms with E-state index in [4.69, 9.17) is 5.41 Å². The first kappa shape index (κ1) is 5.02. The van der Waals surface area contributed by atoms with Gasteiger partial charge in [-0.25, -0.2) is 0 Å². The van der Waals surface area contributed by atoms with Crippen molar-refractivity contribution >= 4 is 18.3 Å². The lowest BCUT2D eigenvalue weighted by atomic mass is 10.5. The maximum absolute atomic E-state index is 6.67. The van der Waals surface area contributed by atoms with E-state index in [1.165, 1.54) is 0 Å². The van der Waals surface area contributed by atoms with Gasteiger partial charge in [-0.3, -0.25) is 0 Å². The van der Waals surface area contributed by atoms with Gasteiger partial charge in [-0.15, -0.1) is 0 Å². The fourth-order valence-corrected chi connectivity index (χ4v) is 0. The van der Waals surface area contributed by atoms with Gasteiger partial charge in [0.15, 0.2) is 0 Å². The maximum Gasteiger partial charge on any atom is 0.0278 e. The number of thiol groups is 1. The molecule has 0 spiro atoms. The van der Waals surface area contributed by atoms with E-state index in [1.807, 2.05) is 0 Å². The normalized spacial score (nSPS) is 7.60. The molecule has 1 N–H and O–H groups in total. The topological polar surface area (TPSA) is 23.9 Å². The van der Waals surface area contributed by atoms with Crippen LogP contribution in [0.3, 0.4) is 0 Å². The molecule has 0 fully saturated rings. The van der Waals surface area contributed by atoms with Crippen LogP contribution in [-0.2, 0) is 0 Å². The smallest absolute Gasteiger partial charge is 0.0278 e. The molecule has 0 bridgehead atoms. The third kappa shape index (κ3) is 4.02. The van der Waals surface area contributed by atoms with Crippen LogP contribution in [0, 0.1) is 5.41 Å². The van der Waals surface area contributed by atoms with Gasteiger partial charge in [0, 0.05) is 11.5 Å². The van der Waals surface area contributed by atoms with E-state index in [1.54, 1.807) is 6.92 Å². The molecule has 0 radical (unpaired) electrons. The minimum Gasteiger partial charge on any atom is -0.309 e. The van der Waals surface area contributed by atoms with E-state index < -0.39 is 0 Å². The average Bonchev–Trinajstić information content (AvgIpc) is 1.38. The molecule has 0 aliphatic heterocycles. The quantitative estimate of drug-likeness (QED) is 0.353. The molecule has 0 aromatic heterocycles. The number of hydrogen-bond acceptors (Lipinski definition) is 2. The van der Waals surface area contributed by atoms with Gasteiger partial charge < -0.3 is 5.41 Å². The fraction of sp³-hybridized carbons (Fsp3) is 0.667. The van der Waals surface area contributed by atoms with Gasteiger partial charge in [0.05, 0.1) is 0 Å². The Morgan fingerprint density at radius 3 is 2.20 bits per heavy atom. The summed E-state index contributed by atoms with van der Waals surface area (Å²) in [5.41, 5.74) is 0.619. The Labute approximate surface area is 37.3 Å². The molecule has 0 saturated carbocycles. The van der Waals surface area contributed by atoms with Crippen molar-refractivity contribution in [2.75, 3.05) is 5.75 Å². The van der Waals surface area contributed by atoms with E-state index in [-0.39, 0.29) is 0 Å². The SMILES string of the molecule is CC(=N)CS. The van der Waals surface area contributed by atoms with Gasteiger partial charge in [-0.2, -0.15) is 12.6 Å². The van der Waals surface area contributed by atoms with Crippen LogP contribution in [0.4, 0.5) is 0 Å². The second-order valence-electron chi connectivity index (χ2n) is 0.938. The second kappa shape index (κ2) is 2.27. The summed E-state index contributed by atoms with van der Waals surface area (Å²) in [6.07, 6.45) is 0. The molecule has 0 aliphatic carbocycles. The summed E-state index contributed by atoms with van der Waals surface area (Å²) in [5, 5.41) is 6.67. The lowest BCUT2D eigenvalue weighted by Crippen LogP contribution is -1.84. The molecule has 5 heavy (non-hydrogen) atoms. The second-order valence-corrected chi connectivity index (χ2v) is 1.25. The zero-order valence-corrected chi connectivity index (χ0v) is 4.05. The highest BCUT2D eigenvalue weighted by Crippen LogP contribution is 1.71. The van der Waals surface area contributed by atoms with Gasteiger partial charge in [0.2, 0.25) is 0 Å². The molecule has 0 heterocycles. The van der Waals surface area contributed by atoms with Crippen molar-refractivity contribution in [3.63, 3.8) is 0 Å². The average molecular weight is 89.2 g/mol. The Morgan fingerprint density at radius 2 is 2.20 bits per heavy atom. The van der Waals surface area contributed by atoms with E-state index in [9.17, 15) is 0 Å². The van der Waals surface area contributed by atoms with E-state index in [2.05, 4.69) is 12.6 Å². The highest BCUT2D eigenvalue weighted by Gasteiger charge is 1.71. The standard InChI is InChI=1S/C3H7NS/c1-3(4)2-5/h4-5H,2H2,1H3. The Balaban J connectivity index is 2.85. The molecular formula is C3H7NS. The van der Waals surface area contributed by atoms with Crippen LogP contribution < -0.4 is 0 Å². The summed E-state index contributed by atoms with van der Waals surface area (Å²) in [6.45, 7) is 1.73. The number of nitrogens with one attached hydrogen (secondary N) is 1. The van der Waals surface area contributed by atoms with Gasteiger partial charge in [-0.05, 0) is 6.92 Å². The first-order valence-electron chi connectivity index (χ1n) is 1.42. The van der Waals surface area contributed by atoms with Crippen molar-refractivity contribution < 1.29 is 0 Å². The summed E-state index contributed by atoms with van der Waals surface area (Å²) in [5.74, 6) is 0.583. The Hall–Kier alpha value is 0.0200. The van der Waals surface area contributed by atoms with Crippen LogP contribution >= 0.6 is 12.6 Å². The lowest BCUT2D eigenvalue weighted by Gasteiger charge is -1.76. The van der Waals surface area contributed by atoms with Crippen LogP contribution in [0.1, 0.15) is 6.92 Å². The summed E-state index contributed by atoms with van der Waals surface area (Å²) >= 11 is 3.79. The van der Waals surface area contributed by atoms with E-state index in [0.717, 1.165) is 0 Å². The Kier molecular flexibility index (Phi) is 2.28. The van der Waals surface area contributed by atoms with Crippen molar-refractivity contribution in [2.45, 2.75) is 6.92 Å². The van der Waals surface area contributed by atoms with E-state index >= 15 is 0 Å². The van der Waals surface area contributed by atoms with Crippen LogP contribution in [-0.4, -0.2) is 11.5 Å². The first-order chi connectivity index (χ1) is 2.27. The van der Waals surface area contributed by atoms with Gasteiger partial charge in [0.25, 0.3) is 0 Å². The molecular weight excluding hydrogens is 82.1 g/mol. The van der Waals surface area contributed by atoms with Crippen molar-refractivity contribution in [1.82, 2.24) is 0 Å². The molecule has 0 rings (SSSR count). The number of rotatable bonds is 1. The fourth-order valence-electron chi connectivity index (χ4n) is 0. The zero-order valence-electron chi connectivity index (χ0n) is 3.15. The minimum atomic E-state index is 0.583. The highest BCUT2D eigenvalue weighted by atomic mass is 32.1. The third-order valence-corrected chi connectivity index (χ3v) is 0.712. The maximum atomic E-state index is 6.67. The first-order valence-corrected chi connectivity index (χ1v) is 2.05. The Morgan fingerprint density at radius 1 is 2.00 bits per heavy atom. The minimum absolute atomic E-state index is 0.583. The summed E-state index contributed by atoms with van der Waals surface area (Å²) in [6, 6.07) is 0. The van der Waals surface area contributed by atoms with Crippen LogP contribution in [0.2, 0.25) is 0 Å². The van der Waals surface area contributed by atoms with Crippen molar-refractivity contribution in [2.24, 2.45) is 0 Å². The van der Waals surface area contributed by atoms with Gasteiger partial charge >= 0.3 is 0 Å². The molecule has 0 saturated heterocycles. The van der Waals surface area contributed by atoms with Crippen LogP contribution in [0.15, 0.2) is 0 Å². The van der Waals surface area contributed by atoms with Gasteiger partial charge in [-0.1, -0.05) is 0 Å². The molecule has 2 heteroatoms. The monoisotopic (exact) mass is 89.0 g/mol. The predicted octanol–water partition coefficient (Wildman–Crippen LogP) is 0.956. The Bertz CT molecular complexity index is 42.2. The molecule has 0 aromatic carbocycles. The van der Waals surface area contributed by atoms with E-state index in [0.29, 0.717) is 11.5 Å². The number of hydrogen-bond donors (Lipinski definition) is 2. The lowest BCUT2D eigenvalue weighted by molar-refractivity contribution is 1.46.